The molecule has 2 aromatic heterocycles. The quantitative estimate of drug-likeness (QED) is 0.758. The molecule has 0 unspecified atom stereocenters. The lowest BCUT2D eigenvalue weighted by Crippen LogP contribution is -2.38. The normalized spacial score (nSPS) is 16.7. The van der Waals surface area contributed by atoms with Crippen LogP contribution in [0.4, 0.5) is 5.95 Å². The van der Waals surface area contributed by atoms with Gasteiger partial charge in [-0.3, -0.25) is 24.3 Å². The average molecular weight is 372 g/mol. The molecule has 1 amide bonds. The number of rotatable bonds is 5. The van der Waals surface area contributed by atoms with Crippen molar-refractivity contribution in [2.24, 2.45) is 0 Å². The van der Waals surface area contributed by atoms with Gasteiger partial charge in [0.05, 0.1) is 5.69 Å². The maximum Gasteiger partial charge on any atom is 0.260 e. The first-order chi connectivity index (χ1) is 12.8. The Kier molecular flexibility index (Phi) is 5.41. The third kappa shape index (κ3) is 4.25. The Hall–Kier alpha value is -2.94. The smallest absolute Gasteiger partial charge is 0.260 e. The number of likely N-dealkylation sites (tertiary alicyclic amines) is 1. The Balaban J connectivity index is 1.67. The van der Waals surface area contributed by atoms with Crippen molar-refractivity contribution in [3.63, 3.8) is 0 Å². The van der Waals surface area contributed by atoms with Crippen LogP contribution in [0.25, 0.3) is 0 Å². The molecule has 2 aromatic rings. The molecule has 0 saturated carbocycles. The maximum atomic E-state index is 12.6. The van der Waals surface area contributed by atoms with Crippen molar-refractivity contribution in [2.75, 3.05) is 39.1 Å². The summed E-state index contributed by atoms with van der Waals surface area (Å²) in [6, 6.07) is 4.82. The van der Waals surface area contributed by atoms with Crippen LogP contribution in [0.1, 0.15) is 22.5 Å². The summed E-state index contributed by atoms with van der Waals surface area (Å²) < 4.78 is 0. The topological polar surface area (TPSA) is 105 Å². The molecule has 9 heteroatoms. The van der Waals surface area contributed by atoms with Gasteiger partial charge >= 0.3 is 0 Å². The molecule has 144 valence electrons. The first-order valence-corrected chi connectivity index (χ1v) is 8.80. The van der Waals surface area contributed by atoms with E-state index in [1.807, 2.05) is 21.1 Å². The molecule has 3 heterocycles. The van der Waals surface area contributed by atoms with E-state index in [1.54, 1.807) is 21.9 Å². The first-order valence-electron chi connectivity index (χ1n) is 8.80. The summed E-state index contributed by atoms with van der Waals surface area (Å²) in [5.41, 5.74) is 0.272. The number of H-pyrrole nitrogens is 2. The number of carbonyl (C=O) groups is 1. The van der Waals surface area contributed by atoms with Crippen molar-refractivity contribution in [3.05, 3.63) is 56.4 Å². The van der Waals surface area contributed by atoms with E-state index in [0.717, 1.165) is 6.42 Å². The molecule has 27 heavy (non-hydrogen) atoms. The summed E-state index contributed by atoms with van der Waals surface area (Å²) >= 11 is 0. The fourth-order valence-corrected chi connectivity index (χ4v) is 3.22. The van der Waals surface area contributed by atoms with Gasteiger partial charge in [-0.15, -0.1) is 0 Å². The van der Waals surface area contributed by atoms with Gasteiger partial charge in [-0.2, -0.15) is 0 Å². The number of aromatic nitrogens is 3. The van der Waals surface area contributed by atoms with Crippen molar-refractivity contribution in [2.45, 2.75) is 19.0 Å². The van der Waals surface area contributed by atoms with E-state index in [1.165, 1.54) is 12.3 Å². The minimum Gasteiger partial charge on any atom is -0.348 e. The standard InChI is InChI=1S/C18H24N6O3/c1-22(2)18-20-12(9-15(25)21-18)10-23(3)13-6-8-24(11-13)17(27)14-5-4-7-19-16(14)26/h4-5,7,9,13H,6,8,10-11H2,1-3H3,(H,19,26)(H,20,21,25)/t13-/m0/s1. The fourth-order valence-electron chi connectivity index (χ4n) is 3.22. The molecule has 0 aromatic carbocycles. The molecular weight excluding hydrogens is 348 g/mol. The van der Waals surface area contributed by atoms with Crippen molar-refractivity contribution < 1.29 is 4.79 Å². The molecule has 1 fully saturated rings. The predicted molar refractivity (Wildman–Crippen MR) is 102 cm³/mol. The van der Waals surface area contributed by atoms with Crippen LogP contribution in [0.2, 0.25) is 0 Å². The highest BCUT2D eigenvalue weighted by atomic mass is 16.2. The molecule has 0 spiro atoms. The number of amides is 1. The maximum absolute atomic E-state index is 12.6. The summed E-state index contributed by atoms with van der Waals surface area (Å²) in [4.78, 5) is 51.5. The highest BCUT2D eigenvalue weighted by Crippen LogP contribution is 2.18. The van der Waals surface area contributed by atoms with Crippen LogP contribution >= 0.6 is 0 Å². The summed E-state index contributed by atoms with van der Waals surface area (Å²) in [5.74, 6) is 0.259. The Bertz CT molecular complexity index is 935. The number of nitrogens with zero attached hydrogens (tertiary/aromatic N) is 4. The Labute approximate surface area is 156 Å². The lowest BCUT2D eigenvalue weighted by Gasteiger charge is -2.24. The number of hydrogen-bond donors (Lipinski definition) is 2. The SMILES string of the molecule is CN(C)c1nc(CN(C)[C@H]2CCN(C(=O)c3ccc[nH]c3=O)C2)cc(=O)[nH]1. The van der Waals surface area contributed by atoms with Gasteiger partial charge in [0.1, 0.15) is 5.56 Å². The van der Waals surface area contributed by atoms with Gasteiger partial charge in [0.15, 0.2) is 0 Å². The minimum atomic E-state index is -0.372. The number of likely N-dealkylation sites (N-methyl/N-ethyl adjacent to an activating group) is 1. The minimum absolute atomic E-state index is 0.139. The van der Waals surface area contributed by atoms with Gasteiger partial charge in [0.2, 0.25) is 5.95 Å². The molecule has 9 nitrogen and oxygen atoms in total. The van der Waals surface area contributed by atoms with Crippen LogP contribution in [0, 0.1) is 0 Å². The molecule has 2 N–H and O–H groups in total. The number of carbonyl (C=O) groups excluding carboxylic acids is 1. The Morgan fingerprint density at radius 1 is 1.33 bits per heavy atom. The van der Waals surface area contributed by atoms with E-state index in [4.69, 9.17) is 0 Å². The van der Waals surface area contributed by atoms with Crippen molar-refractivity contribution in [1.29, 1.82) is 0 Å². The van der Waals surface area contributed by atoms with Gasteiger partial charge in [0, 0.05) is 52.0 Å². The van der Waals surface area contributed by atoms with Crippen molar-refractivity contribution >= 4 is 11.9 Å². The van der Waals surface area contributed by atoms with Crippen molar-refractivity contribution in [1.82, 2.24) is 24.8 Å². The monoisotopic (exact) mass is 372 g/mol. The van der Waals surface area contributed by atoms with Gasteiger partial charge in [0.25, 0.3) is 17.0 Å². The largest absolute Gasteiger partial charge is 0.348 e. The third-order valence-corrected chi connectivity index (χ3v) is 4.74. The molecule has 1 atom stereocenters. The molecule has 1 aliphatic heterocycles. The van der Waals surface area contributed by atoms with Gasteiger partial charge in [-0.1, -0.05) is 0 Å². The van der Waals surface area contributed by atoms with E-state index < -0.39 is 0 Å². The second kappa shape index (κ2) is 7.75. The fraction of sp³-hybridized carbons (Fsp3) is 0.444. The molecule has 3 rings (SSSR count). The second-order valence-electron chi connectivity index (χ2n) is 6.98. The zero-order valence-corrected chi connectivity index (χ0v) is 15.7. The lowest BCUT2D eigenvalue weighted by atomic mass is 10.2. The Morgan fingerprint density at radius 2 is 2.11 bits per heavy atom. The summed E-state index contributed by atoms with van der Waals surface area (Å²) in [6.45, 7) is 1.63. The second-order valence-corrected chi connectivity index (χ2v) is 6.98. The molecule has 1 saturated heterocycles. The summed E-state index contributed by atoms with van der Waals surface area (Å²) in [5, 5.41) is 0. The van der Waals surface area contributed by atoms with Crippen LogP contribution in [0.5, 0.6) is 0 Å². The number of hydrogen-bond acceptors (Lipinski definition) is 6. The van der Waals surface area contributed by atoms with E-state index >= 15 is 0 Å². The van der Waals surface area contributed by atoms with Crippen LogP contribution in [-0.2, 0) is 6.54 Å². The summed E-state index contributed by atoms with van der Waals surface area (Å²) in [7, 11) is 5.58. The molecule has 0 radical (unpaired) electrons. The zero-order valence-electron chi connectivity index (χ0n) is 15.7. The van der Waals surface area contributed by atoms with Gasteiger partial charge in [-0.25, -0.2) is 4.98 Å². The average Bonchev–Trinajstić information content (AvgIpc) is 3.11. The van der Waals surface area contributed by atoms with Crippen molar-refractivity contribution in [3.8, 4) is 0 Å². The molecular formula is C18H24N6O3. The van der Waals surface area contributed by atoms with Crippen LogP contribution < -0.4 is 16.0 Å². The highest BCUT2D eigenvalue weighted by molar-refractivity contribution is 5.94. The zero-order chi connectivity index (χ0) is 19.6. The predicted octanol–water partition coefficient (Wildman–Crippen LogP) is -0.129. The summed E-state index contributed by atoms with van der Waals surface area (Å²) in [6.07, 6.45) is 2.31. The van der Waals surface area contributed by atoms with E-state index in [2.05, 4.69) is 19.9 Å². The van der Waals surface area contributed by atoms with E-state index in [9.17, 15) is 14.4 Å². The van der Waals surface area contributed by atoms with E-state index in [-0.39, 0.29) is 28.6 Å². The van der Waals surface area contributed by atoms with Gasteiger partial charge < -0.3 is 14.8 Å². The number of nitrogens with one attached hydrogen (secondary N) is 2. The molecule has 0 bridgehead atoms. The molecule has 0 aliphatic carbocycles. The van der Waals surface area contributed by atoms with Crippen LogP contribution in [0.3, 0.4) is 0 Å². The van der Waals surface area contributed by atoms with Crippen LogP contribution in [-0.4, -0.2) is 70.9 Å². The number of anilines is 1. The van der Waals surface area contributed by atoms with Gasteiger partial charge in [-0.05, 0) is 25.6 Å². The van der Waals surface area contributed by atoms with Crippen LogP contribution in [0.15, 0.2) is 34.0 Å². The highest BCUT2D eigenvalue weighted by Gasteiger charge is 2.30. The molecule has 1 aliphatic rings. The number of aromatic amines is 2. The lowest BCUT2D eigenvalue weighted by molar-refractivity contribution is 0.0777. The third-order valence-electron chi connectivity index (χ3n) is 4.74. The number of pyridine rings is 1. The Morgan fingerprint density at radius 3 is 2.81 bits per heavy atom. The van der Waals surface area contributed by atoms with E-state index in [0.29, 0.717) is 31.3 Å². The first kappa shape index (κ1) is 18.8.